The third-order valence-corrected chi connectivity index (χ3v) is 4.90. The number of carbonyl (C=O) groups excluding carboxylic acids is 1. The molecule has 3 aromatic rings. The number of aryl methyl sites for hydroxylation is 2. The van der Waals surface area contributed by atoms with Gasteiger partial charge in [0, 0.05) is 23.6 Å². The Kier molecular flexibility index (Phi) is 5.33. The van der Waals surface area contributed by atoms with Gasteiger partial charge in [0.25, 0.3) is 5.91 Å². The van der Waals surface area contributed by atoms with Crippen molar-refractivity contribution in [1.29, 1.82) is 0 Å². The Morgan fingerprint density at radius 3 is 2.48 bits per heavy atom. The number of nitrogens with zero attached hydrogens (tertiary/aromatic N) is 1. The third-order valence-electron chi connectivity index (χ3n) is 4.90. The van der Waals surface area contributed by atoms with E-state index < -0.39 is 0 Å². The lowest BCUT2D eigenvalue weighted by atomic mass is 10.0. The Morgan fingerprint density at radius 1 is 0.966 bits per heavy atom. The summed E-state index contributed by atoms with van der Waals surface area (Å²) in [5.41, 5.74) is 5.45. The second kappa shape index (κ2) is 8.22. The Bertz CT molecular complexity index is 1030. The second-order valence-corrected chi connectivity index (χ2v) is 6.77. The number of hydrogen-bond donors (Lipinski definition) is 2. The third kappa shape index (κ3) is 4.01. The predicted molar refractivity (Wildman–Crippen MR) is 113 cm³/mol. The highest BCUT2D eigenvalue weighted by molar-refractivity contribution is 6.04. The largest absolute Gasteiger partial charge is 0.454 e. The molecule has 29 heavy (non-hydrogen) atoms. The highest BCUT2D eigenvalue weighted by Crippen LogP contribution is 2.34. The van der Waals surface area contributed by atoms with Crippen molar-refractivity contribution in [3.8, 4) is 11.5 Å². The van der Waals surface area contributed by atoms with E-state index in [0.717, 1.165) is 24.2 Å². The molecule has 2 heterocycles. The van der Waals surface area contributed by atoms with Crippen LogP contribution in [0, 0.1) is 0 Å². The van der Waals surface area contributed by atoms with E-state index >= 15 is 0 Å². The van der Waals surface area contributed by atoms with E-state index in [1.807, 2.05) is 0 Å². The maximum atomic E-state index is 12.7. The van der Waals surface area contributed by atoms with Gasteiger partial charge in [-0.1, -0.05) is 32.0 Å². The van der Waals surface area contributed by atoms with Crippen molar-refractivity contribution >= 4 is 23.0 Å². The maximum Gasteiger partial charge on any atom is 0.257 e. The predicted octanol–water partition coefficient (Wildman–Crippen LogP) is 4.93. The monoisotopic (exact) mass is 389 g/mol. The summed E-state index contributed by atoms with van der Waals surface area (Å²) in [6.45, 7) is 4.46. The molecule has 0 atom stereocenters. The molecular weight excluding hydrogens is 366 g/mol. The Hall–Kier alpha value is -3.54. The van der Waals surface area contributed by atoms with Gasteiger partial charge in [0.05, 0.1) is 17.4 Å². The number of para-hydroxylation sites is 1. The fraction of sp³-hybridized carbons (Fsp3) is 0.217. The van der Waals surface area contributed by atoms with Gasteiger partial charge < -0.3 is 20.1 Å². The summed E-state index contributed by atoms with van der Waals surface area (Å²) in [7, 11) is 0. The minimum absolute atomic E-state index is 0.198. The van der Waals surface area contributed by atoms with Crippen molar-refractivity contribution in [3.63, 3.8) is 0 Å². The zero-order valence-corrected chi connectivity index (χ0v) is 16.5. The van der Waals surface area contributed by atoms with Crippen molar-refractivity contribution in [2.24, 2.45) is 0 Å². The van der Waals surface area contributed by atoms with Gasteiger partial charge in [0.1, 0.15) is 0 Å². The number of amides is 1. The van der Waals surface area contributed by atoms with Gasteiger partial charge >= 0.3 is 0 Å². The normalized spacial score (nSPS) is 11.9. The van der Waals surface area contributed by atoms with Crippen molar-refractivity contribution in [2.45, 2.75) is 26.7 Å². The summed E-state index contributed by atoms with van der Waals surface area (Å²) in [6, 6.07) is 13.4. The topological polar surface area (TPSA) is 72.5 Å². The van der Waals surface area contributed by atoms with E-state index in [9.17, 15) is 4.79 Å². The Balaban J connectivity index is 1.54. The van der Waals surface area contributed by atoms with Crippen LogP contribution in [0.1, 0.15) is 35.3 Å². The number of aromatic nitrogens is 1. The first-order chi connectivity index (χ1) is 14.2. The molecule has 1 aliphatic rings. The minimum Gasteiger partial charge on any atom is -0.454 e. The summed E-state index contributed by atoms with van der Waals surface area (Å²) >= 11 is 0. The molecule has 0 radical (unpaired) electrons. The molecule has 0 bridgehead atoms. The molecule has 1 aromatic heterocycles. The lowest BCUT2D eigenvalue weighted by molar-refractivity contribution is 0.102. The van der Waals surface area contributed by atoms with Crippen LogP contribution in [0.3, 0.4) is 0 Å². The summed E-state index contributed by atoms with van der Waals surface area (Å²) in [5, 5.41) is 6.34. The number of anilines is 3. The molecule has 4 rings (SSSR count). The first kappa shape index (κ1) is 18.8. The minimum atomic E-state index is -0.237. The van der Waals surface area contributed by atoms with E-state index in [0.29, 0.717) is 22.7 Å². The molecule has 0 fully saturated rings. The molecule has 148 valence electrons. The molecule has 0 spiro atoms. The quantitative estimate of drug-likeness (QED) is 0.625. The molecule has 6 nitrogen and oxygen atoms in total. The molecule has 1 amide bonds. The lowest BCUT2D eigenvalue weighted by Gasteiger charge is -2.15. The second-order valence-electron chi connectivity index (χ2n) is 6.77. The highest BCUT2D eigenvalue weighted by atomic mass is 16.7. The zero-order chi connectivity index (χ0) is 20.2. The SMILES string of the molecule is CCc1cccc(CC)c1Nc1cncc(C(=O)Nc2ccc3c(c2)OCO3)c1. The molecule has 6 heteroatoms. The van der Waals surface area contributed by atoms with E-state index in [4.69, 9.17) is 9.47 Å². The van der Waals surface area contributed by atoms with Gasteiger partial charge in [-0.25, -0.2) is 0 Å². The first-order valence-electron chi connectivity index (χ1n) is 9.71. The van der Waals surface area contributed by atoms with Crippen LogP contribution in [0.25, 0.3) is 0 Å². The van der Waals surface area contributed by atoms with Crippen molar-refractivity contribution in [1.82, 2.24) is 4.98 Å². The van der Waals surface area contributed by atoms with Crippen molar-refractivity contribution in [3.05, 3.63) is 71.5 Å². The molecule has 2 N–H and O–H groups in total. The smallest absolute Gasteiger partial charge is 0.257 e. The number of pyridine rings is 1. The van der Waals surface area contributed by atoms with Gasteiger partial charge in [0.2, 0.25) is 6.79 Å². The lowest BCUT2D eigenvalue weighted by Crippen LogP contribution is -2.12. The fourth-order valence-corrected chi connectivity index (χ4v) is 3.36. The van der Waals surface area contributed by atoms with E-state index in [1.54, 1.807) is 36.7 Å². The van der Waals surface area contributed by atoms with Crippen LogP contribution < -0.4 is 20.1 Å². The van der Waals surface area contributed by atoms with E-state index in [2.05, 4.69) is 47.7 Å². The highest BCUT2D eigenvalue weighted by Gasteiger charge is 2.15. The van der Waals surface area contributed by atoms with Crippen LogP contribution in [0.15, 0.2) is 54.9 Å². The van der Waals surface area contributed by atoms with Crippen LogP contribution in [0.4, 0.5) is 17.1 Å². The standard InChI is InChI=1S/C23H23N3O3/c1-3-15-6-5-7-16(4-2)22(15)25-19-10-17(12-24-13-19)23(27)26-18-8-9-20-21(11-18)29-14-28-20/h5-13,25H,3-4,14H2,1-2H3,(H,26,27). The average Bonchev–Trinajstić information content (AvgIpc) is 3.22. The molecular formula is C23H23N3O3. The number of nitrogens with one attached hydrogen (secondary N) is 2. The molecule has 2 aromatic carbocycles. The summed E-state index contributed by atoms with van der Waals surface area (Å²) in [6.07, 6.45) is 5.13. The van der Waals surface area contributed by atoms with Gasteiger partial charge in [-0.2, -0.15) is 0 Å². The maximum absolute atomic E-state index is 12.7. The molecule has 0 saturated carbocycles. The fourth-order valence-electron chi connectivity index (χ4n) is 3.36. The van der Waals surface area contributed by atoms with Crippen molar-refractivity contribution in [2.75, 3.05) is 17.4 Å². The number of carbonyl (C=O) groups is 1. The van der Waals surface area contributed by atoms with Gasteiger partial charge in [-0.3, -0.25) is 9.78 Å². The van der Waals surface area contributed by atoms with Crippen LogP contribution in [0.2, 0.25) is 0 Å². The van der Waals surface area contributed by atoms with Crippen LogP contribution >= 0.6 is 0 Å². The molecule has 0 saturated heterocycles. The Labute approximate surface area is 169 Å². The summed E-state index contributed by atoms with van der Waals surface area (Å²) in [5.74, 6) is 1.07. The average molecular weight is 389 g/mol. The van der Waals surface area contributed by atoms with Gasteiger partial charge in [-0.15, -0.1) is 0 Å². The van der Waals surface area contributed by atoms with Crippen LogP contribution in [0.5, 0.6) is 11.5 Å². The number of ether oxygens (including phenoxy) is 2. The number of fused-ring (bicyclic) bond motifs is 1. The molecule has 0 unspecified atom stereocenters. The van der Waals surface area contributed by atoms with Gasteiger partial charge in [-0.05, 0) is 42.2 Å². The first-order valence-corrected chi connectivity index (χ1v) is 9.71. The summed E-state index contributed by atoms with van der Waals surface area (Å²) < 4.78 is 10.7. The molecule has 1 aliphatic heterocycles. The number of hydrogen-bond acceptors (Lipinski definition) is 5. The Morgan fingerprint density at radius 2 is 1.72 bits per heavy atom. The number of benzene rings is 2. The van der Waals surface area contributed by atoms with E-state index in [1.165, 1.54) is 11.1 Å². The number of rotatable bonds is 6. The summed E-state index contributed by atoms with van der Waals surface area (Å²) in [4.78, 5) is 17.0. The van der Waals surface area contributed by atoms with E-state index in [-0.39, 0.29) is 12.7 Å². The van der Waals surface area contributed by atoms with Gasteiger partial charge in [0.15, 0.2) is 11.5 Å². The van der Waals surface area contributed by atoms with Crippen molar-refractivity contribution < 1.29 is 14.3 Å². The zero-order valence-electron chi connectivity index (χ0n) is 16.5. The molecule has 0 aliphatic carbocycles. The van der Waals surface area contributed by atoms with Crippen LogP contribution in [-0.4, -0.2) is 17.7 Å². The van der Waals surface area contributed by atoms with Crippen LogP contribution in [-0.2, 0) is 12.8 Å².